The van der Waals surface area contributed by atoms with Gasteiger partial charge in [-0.25, -0.2) is 0 Å². The van der Waals surface area contributed by atoms with Gasteiger partial charge in [-0.1, -0.05) is 0 Å². The summed E-state index contributed by atoms with van der Waals surface area (Å²) >= 11 is 0. The van der Waals surface area contributed by atoms with E-state index in [0.29, 0.717) is 6.04 Å². The number of nitrogens with zero attached hydrogens (tertiary/aromatic N) is 1. The summed E-state index contributed by atoms with van der Waals surface area (Å²) in [5.41, 5.74) is 2.16. The molecule has 1 saturated heterocycles. The third-order valence-electron chi connectivity index (χ3n) is 4.11. The Hall–Kier alpha value is -1.35. The van der Waals surface area contributed by atoms with Crippen LogP contribution in [-0.4, -0.2) is 35.4 Å². The molecular weight excluding hydrogens is 248 g/mol. The molecule has 0 saturated carbocycles. The van der Waals surface area contributed by atoms with Crippen LogP contribution in [0.2, 0.25) is 0 Å². The first-order valence-corrected chi connectivity index (χ1v) is 7.49. The highest BCUT2D eigenvalue weighted by Crippen LogP contribution is 2.22. The number of carbonyl (C=O) groups excluding carboxylic acids is 1. The number of hydrogen-bond donors (Lipinski definition) is 1. The van der Waals surface area contributed by atoms with Crippen LogP contribution in [0.5, 0.6) is 0 Å². The van der Waals surface area contributed by atoms with Crippen molar-refractivity contribution >= 4 is 11.5 Å². The molecule has 3 nitrogen and oxygen atoms in total. The summed E-state index contributed by atoms with van der Waals surface area (Å²) in [5.74, 6) is 0.120. The number of anilines is 1. The van der Waals surface area contributed by atoms with Gasteiger partial charge >= 0.3 is 0 Å². The Labute approximate surface area is 122 Å². The number of carbonyl (C=O) groups is 1. The summed E-state index contributed by atoms with van der Waals surface area (Å²) in [6, 6.07) is 8.35. The maximum atomic E-state index is 11.3. The number of ketones is 1. The van der Waals surface area contributed by atoms with Gasteiger partial charge in [-0.2, -0.15) is 0 Å². The van der Waals surface area contributed by atoms with Crippen molar-refractivity contribution in [1.82, 2.24) is 4.90 Å². The van der Waals surface area contributed by atoms with Gasteiger partial charge in [0.05, 0.1) is 0 Å². The number of rotatable bonds is 3. The molecule has 20 heavy (non-hydrogen) atoms. The molecule has 1 aliphatic heterocycles. The zero-order valence-electron chi connectivity index (χ0n) is 13.1. The fourth-order valence-corrected chi connectivity index (χ4v) is 2.73. The van der Waals surface area contributed by atoms with Crippen LogP contribution in [0, 0.1) is 0 Å². The van der Waals surface area contributed by atoms with Gasteiger partial charge in [-0.15, -0.1) is 0 Å². The molecule has 0 radical (unpaired) electrons. The van der Waals surface area contributed by atoms with E-state index in [4.69, 9.17) is 0 Å². The van der Waals surface area contributed by atoms with Crippen LogP contribution in [0.25, 0.3) is 0 Å². The molecule has 0 aliphatic carbocycles. The number of benzene rings is 1. The smallest absolute Gasteiger partial charge is 0.159 e. The second-order valence-electron chi connectivity index (χ2n) is 6.71. The monoisotopic (exact) mass is 274 g/mol. The van der Waals surface area contributed by atoms with E-state index in [9.17, 15) is 4.79 Å². The topological polar surface area (TPSA) is 32.3 Å². The third-order valence-corrected chi connectivity index (χ3v) is 4.11. The standard InChI is InChI=1S/C17H26N2O/c1-13(20)14-5-7-15(8-6-14)18-16-9-11-19(12-10-16)17(2,3)4/h5-8,16,18H,9-12H2,1-4H3. The predicted molar refractivity (Wildman–Crippen MR) is 84.4 cm³/mol. The van der Waals surface area contributed by atoms with Crippen molar-refractivity contribution in [1.29, 1.82) is 0 Å². The van der Waals surface area contributed by atoms with Crippen molar-refractivity contribution in [3.8, 4) is 0 Å². The summed E-state index contributed by atoms with van der Waals surface area (Å²) in [4.78, 5) is 13.8. The molecule has 1 aromatic carbocycles. The molecule has 0 aromatic heterocycles. The van der Waals surface area contributed by atoms with Crippen LogP contribution < -0.4 is 5.32 Å². The van der Waals surface area contributed by atoms with E-state index in [1.165, 1.54) is 12.8 Å². The first-order valence-electron chi connectivity index (χ1n) is 7.49. The van der Waals surface area contributed by atoms with Crippen molar-refractivity contribution in [2.45, 2.75) is 52.1 Å². The highest BCUT2D eigenvalue weighted by molar-refractivity contribution is 5.94. The molecule has 1 aliphatic rings. The van der Waals surface area contributed by atoms with Crippen LogP contribution >= 0.6 is 0 Å². The molecule has 110 valence electrons. The number of likely N-dealkylation sites (tertiary alicyclic amines) is 1. The number of piperidine rings is 1. The molecule has 0 amide bonds. The number of Topliss-reactive ketones (excluding diaryl/α,β-unsaturated/α-hetero) is 1. The van der Waals surface area contributed by atoms with Gasteiger partial charge in [0.15, 0.2) is 5.78 Å². The Morgan fingerprint density at radius 2 is 1.70 bits per heavy atom. The number of hydrogen-bond acceptors (Lipinski definition) is 3. The summed E-state index contributed by atoms with van der Waals surface area (Å²) in [7, 11) is 0. The molecule has 1 fully saturated rings. The lowest BCUT2D eigenvalue weighted by atomic mass is 9.98. The lowest BCUT2D eigenvalue weighted by molar-refractivity contribution is 0.101. The lowest BCUT2D eigenvalue weighted by Crippen LogP contribution is -2.48. The molecule has 0 unspecified atom stereocenters. The minimum Gasteiger partial charge on any atom is -0.382 e. The van der Waals surface area contributed by atoms with E-state index < -0.39 is 0 Å². The fraction of sp³-hybridized carbons (Fsp3) is 0.588. The average molecular weight is 274 g/mol. The molecule has 1 heterocycles. The lowest BCUT2D eigenvalue weighted by Gasteiger charge is -2.41. The Morgan fingerprint density at radius 3 is 2.15 bits per heavy atom. The van der Waals surface area contributed by atoms with E-state index in [1.54, 1.807) is 6.92 Å². The summed E-state index contributed by atoms with van der Waals surface area (Å²) in [6.45, 7) is 10.7. The van der Waals surface area contributed by atoms with Gasteiger partial charge in [0.25, 0.3) is 0 Å². The van der Waals surface area contributed by atoms with Crippen molar-refractivity contribution in [3.05, 3.63) is 29.8 Å². The molecule has 0 spiro atoms. The van der Waals surface area contributed by atoms with E-state index in [1.807, 2.05) is 24.3 Å². The van der Waals surface area contributed by atoms with Crippen molar-refractivity contribution in [2.24, 2.45) is 0 Å². The number of nitrogens with one attached hydrogen (secondary N) is 1. The third kappa shape index (κ3) is 3.83. The maximum absolute atomic E-state index is 11.3. The van der Waals surface area contributed by atoms with Crippen LogP contribution in [0.15, 0.2) is 24.3 Å². The predicted octanol–water partition coefficient (Wildman–Crippen LogP) is 3.56. The van der Waals surface area contributed by atoms with Crippen LogP contribution in [-0.2, 0) is 0 Å². The van der Waals surface area contributed by atoms with Crippen LogP contribution in [0.1, 0.15) is 50.9 Å². The average Bonchev–Trinajstić information content (AvgIpc) is 2.39. The van der Waals surface area contributed by atoms with Gasteiger partial charge in [-0.3, -0.25) is 9.69 Å². The second-order valence-corrected chi connectivity index (χ2v) is 6.71. The Morgan fingerprint density at radius 1 is 1.15 bits per heavy atom. The van der Waals surface area contributed by atoms with E-state index >= 15 is 0 Å². The SMILES string of the molecule is CC(=O)c1ccc(NC2CCN(C(C)(C)C)CC2)cc1. The second kappa shape index (κ2) is 5.96. The molecule has 3 heteroatoms. The van der Waals surface area contributed by atoms with E-state index in [0.717, 1.165) is 24.3 Å². The van der Waals surface area contributed by atoms with E-state index in [2.05, 4.69) is 31.0 Å². The molecule has 0 atom stereocenters. The fourth-order valence-electron chi connectivity index (χ4n) is 2.73. The van der Waals surface area contributed by atoms with Crippen LogP contribution in [0.4, 0.5) is 5.69 Å². The van der Waals surface area contributed by atoms with E-state index in [-0.39, 0.29) is 11.3 Å². The van der Waals surface area contributed by atoms with Crippen LogP contribution in [0.3, 0.4) is 0 Å². The Kier molecular flexibility index (Phi) is 4.48. The highest BCUT2D eigenvalue weighted by atomic mass is 16.1. The quantitative estimate of drug-likeness (QED) is 0.855. The van der Waals surface area contributed by atoms with Crippen molar-refractivity contribution in [3.63, 3.8) is 0 Å². The molecule has 0 bridgehead atoms. The largest absolute Gasteiger partial charge is 0.382 e. The molecule has 1 aromatic rings. The van der Waals surface area contributed by atoms with Crippen molar-refractivity contribution < 1.29 is 4.79 Å². The first kappa shape index (κ1) is 15.0. The highest BCUT2D eigenvalue weighted by Gasteiger charge is 2.26. The minimum atomic E-state index is 0.120. The van der Waals surface area contributed by atoms with Gasteiger partial charge < -0.3 is 5.32 Å². The molecular formula is C17H26N2O. The van der Waals surface area contributed by atoms with Gasteiger partial charge in [-0.05, 0) is 64.8 Å². The Balaban J connectivity index is 1.88. The summed E-state index contributed by atoms with van der Waals surface area (Å²) in [6.07, 6.45) is 2.34. The first-order chi connectivity index (χ1) is 9.36. The minimum absolute atomic E-state index is 0.120. The van der Waals surface area contributed by atoms with Gasteiger partial charge in [0.1, 0.15) is 0 Å². The zero-order valence-corrected chi connectivity index (χ0v) is 13.1. The molecule has 1 N–H and O–H groups in total. The van der Waals surface area contributed by atoms with Gasteiger partial charge in [0, 0.05) is 35.9 Å². The normalized spacial score (nSPS) is 18.0. The summed E-state index contributed by atoms with van der Waals surface area (Å²) < 4.78 is 0. The van der Waals surface area contributed by atoms with Crippen molar-refractivity contribution in [2.75, 3.05) is 18.4 Å². The summed E-state index contributed by atoms with van der Waals surface area (Å²) in [5, 5.41) is 3.58. The maximum Gasteiger partial charge on any atom is 0.159 e. The van der Waals surface area contributed by atoms with Gasteiger partial charge in [0.2, 0.25) is 0 Å². The zero-order chi connectivity index (χ0) is 14.8. The molecule has 2 rings (SSSR count). The Bertz CT molecular complexity index is 451.